The molecule has 4 rings (SSSR count). The number of amides is 2. The van der Waals surface area contributed by atoms with E-state index in [9.17, 15) is 9.59 Å². The van der Waals surface area contributed by atoms with Gasteiger partial charge in [-0.15, -0.1) is 11.3 Å². The van der Waals surface area contributed by atoms with E-state index in [1.807, 2.05) is 0 Å². The number of benzene rings is 1. The Kier molecular flexibility index (Phi) is 4.32. The Bertz CT molecular complexity index is 948. The fraction of sp³-hybridized carbons (Fsp3) is 0.111. The number of nitrogens with one attached hydrogen (secondary N) is 2. The van der Waals surface area contributed by atoms with Crippen molar-refractivity contribution in [3.05, 3.63) is 59.4 Å². The highest BCUT2D eigenvalue weighted by molar-refractivity contribution is 7.18. The Morgan fingerprint density at radius 2 is 1.77 bits per heavy atom. The van der Waals surface area contributed by atoms with Crippen LogP contribution in [-0.2, 0) is 0 Å². The first-order valence-electron chi connectivity index (χ1n) is 7.85. The molecule has 0 atom stereocenters. The normalized spacial score (nSPS) is 12.5. The SMILES string of the molecule is O=C(Nc1ccc(C(=O)Nc2ccc3c(c2)OCCO3)s1)c1ccco1. The maximum absolute atomic E-state index is 12.4. The fourth-order valence-electron chi connectivity index (χ4n) is 2.42. The number of anilines is 2. The molecule has 0 fully saturated rings. The van der Waals surface area contributed by atoms with Crippen molar-refractivity contribution in [1.29, 1.82) is 0 Å². The van der Waals surface area contributed by atoms with E-state index in [2.05, 4.69) is 10.6 Å². The first-order valence-corrected chi connectivity index (χ1v) is 8.66. The highest BCUT2D eigenvalue weighted by atomic mass is 32.1. The van der Waals surface area contributed by atoms with Gasteiger partial charge in [-0.25, -0.2) is 0 Å². The number of hydrogen-bond donors (Lipinski definition) is 2. The monoisotopic (exact) mass is 370 g/mol. The van der Waals surface area contributed by atoms with Gasteiger partial charge in [0.25, 0.3) is 11.8 Å². The molecule has 0 spiro atoms. The van der Waals surface area contributed by atoms with Crippen LogP contribution in [0.5, 0.6) is 11.5 Å². The Morgan fingerprint density at radius 3 is 2.58 bits per heavy atom. The summed E-state index contributed by atoms with van der Waals surface area (Å²) in [5.41, 5.74) is 0.605. The second-order valence-electron chi connectivity index (χ2n) is 5.41. The third-order valence-electron chi connectivity index (χ3n) is 3.61. The van der Waals surface area contributed by atoms with E-state index in [0.717, 1.165) is 0 Å². The van der Waals surface area contributed by atoms with Crippen LogP contribution in [0.4, 0.5) is 10.7 Å². The predicted octanol–water partition coefficient (Wildman–Crippen LogP) is 3.62. The number of carbonyl (C=O) groups excluding carboxylic acids is 2. The van der Waals surface area contributed by atoms with Crippen LogP contribution >= 0.6 is 11.3 Å². The minimum Gasteiger partial charge on any atom is -0.486 e. The van der Waals surface area contributed by atoms with E-state index in [0.29, 0.717) is 40.3 Å². The van der Waals surface area contributed by atoms with Crippen LogP contribution in [0.15, 0.2) is 53.1 Å². The molecular weight excluding hydrogens is 356 g/mol. The standard InChI is InChI=1S/C18H14N2O5S/c21-17(13-2-1-7-23-13)20-16-6-5-15(26-16)18(22)19-11-3-4-12-14(10-11)25-9-8-24-12/h1-7,10H,8-9H2,(H,19,22)(H,20,21). The van der Waals surface area contributed by atoms with Crippen LogP contribution in [-0.4, -0.2) is 25.0 Å². The lowest BCUT2D eigenvalue weighted by Gasteiger charge is -2.18. The molecule has 3 heterocycles. The third-order valence-corrected chi connectivity index (χ3v) is 4.61. The predicted molar refractivity (Wildman–Crippen MR) is 96.4 cm³/mol. The van der Waals surface area contributed by atoms with Crippen molar-refractivity contribution in [1.82, 2.24) is 0 Å². The molecule has 0 bridgehead atoms. The van der Waals surface area contributed by atoms with Gasteiger partial charge in [0, 0.05) is 11.8 Å². The van der Waals surface area contributed by atoms with Crippen LogP contribution in [0.2, 0.25) is 0 Å². The van der Waals surface area contributed by atoms with Crippen molar-refractivity contribution in [2.24, 2.45) is 0 Å². The summed E-state index contributed by atoms with van der Waals surface area (Å²) in [6.07, 6.45) is 1.43. The quantitative estimate of drug-likeness (QED) is 0.732. The zero-order chi connectivity index (χ0) is 17.9. The van der Waals surface area contributed by atoms with Gasteiger partial charge in [-0.1, -0.05) is 0 Å². The maximum Gasteiger partial charge on any atom is 0.291 e. The molecule has 3 aromatic rings. The van der Waals surface area contributed by atoms with Gasteiger partial charge in [0.15, 0.2) is 17.3 Å². The van der Waals surface area contributed by atoms with Crippen molar-refractivity contribution >= 4 is 33.8 Å². The zero-order valence-electron chi connectivity index (χ0n) is 13.5. The minimum absolute atomic E-state index is 0.209. The lowest BCUT2D eigenvalue weighted by atomic mass is 10.2. The second kappa shape index (κ2) is 6.93. The summed E-state index contributed by atoms with van der Waals surface area (Å²) in [6.45, 7) is 0.994. The van der Waals surface area contributed by atoms with Crippen molar-refractivity contribution in [3.63, 3.8) is 0 Å². The molecule has 2 aromatic heterocycles. The minimum atomic E-state index is -0.365. The zero-order valence-corrected chi connectivity index (χ0v) is 14.3. The Labute approximate surface area is 152 Å². The molecule has 26 heavy (non-hydrogen) atoms. The molecule has 0 radical (unpaired) electrons. The lowest BCUT2D eigenvalue weighted by molar-refractivity contribution is 0.0995. The van der Waals surface area contributed by atoms with E-state index < -0.39 is 0 Å². The molecule has 2 amide bonds. The first kappa shape index (κ1) is 16.2. The van der Waals surface area contributed by atoms with Crippen LogP contribution in [0.25, 0.3) is 0 Å². The van der Waals surface area contributed by atoms with Crippen molar-refractivity contribution in [2.75, 3.05) is 23.8 Å². The van der Waals surface area contributed by atoms with Crippen LogP contribution in [0.1, 0.15) is 20.2 Å². The fourth-order valence-corrected chi connectivity index (χ4v) is 3.22. The molecule has 1 aliphatic rings. The first-order chi connectivity index (χ1) is 12.7. The average molecular weight is 370 g/mol. The van der Waals surface area contributed by atoms with Gasteiger partial charge < -0.3 is 24.5 Å². The molecule has 1 aliphatic heterocycles. The van der Waals surface area contributed by atoms with Gasteiger partial charge in [0.1, 0.15) is 13.2 Å². The number of furan rings is 1. The van der Waals surface area contributed by atoms with Crippen LogP contribution in [0.3, 0.4) is 0 Å². The second-order valence-corrected chi connectivity index (χ2v) is 6.49. The van der Waals surface area contributed by atoms with Gasteiger partial charge in [-0.05, 0) is 36.4 Å². The highest BCUT2D eigenvalue weighted by Crippen LogP contribution is 2.33. The van der Waals surface area contributed by atoms with E-state index >= 15 is 0 Å². The lowest BCUT2D eigenvalue weighted by Crippen LogP contribution is -2.16. The van der Waals surface area contributed by atoms with Crippen molar-refractivity contribution in [2.45, 2.75) is 0 Å². The molecular formula is C18H14N2O5S. The number of rotatable bonds is 4. The van der Waals surface area contributed by atoms with Gasteiger partial charge in [0.05, 0.1) is 16.1 Å². The number of fused-ring (bicyclic) bond motifs is 1. The molecule has 0 saturated heterocycles. The number of hydrogen-bond acceptors (Lipinski definition) is 6. The molecule has 0 unspecified atom stereocenters. The third kappa shape index (κ3) is 3.40. The van der Waals surface area contributed by atoms with Crippen molar-refractivity contribution < 1.29 is 23.5 Å². The number of carbonyl (C=O) groups is 2. The van der Waals surface area contributed by atoms with Gasteiger partial charge in [-0.2, -0.15) is 0 Å². The molecule has 2 N–H and O–H groups in total. The Hall–Kier alpha value is -3.26. The molecule has 1 aromatic carbocycles. The van der Waals surface area contributed by atoms with E-state index in [-0.39, 0.29) is 17.6 Å². The van der Waals surface area contributed by atoms with Gasteiger partial charge in [0.2, 0.25) is 0 Å². The molecule has 7 nitrogen and oxygen atoms in total. The number of ether oxygens (including phenoxy) is 2. The van der Waals surface area contributed by atoms with Crippen molar-refractivity contribution in [3.8, 4) is 11.5 Å². The maximum atomic E-state index is 12.4. The Balaban J connectivity index is 1.42. The summed E-state index contributed by atoms with van der Waals surface area (Å²) >= 11 is 1.17. The van der Waals surface area contributed by atoms with Crippen LogP contribution in [0, 0.1) is 0 Å². The van der Waals surface area contributed by atoms with E-state index in [1.165, 1.54) is 17.6 Å². The van der Waals surface area contributed by atoms with E-state index in [4.69, 9.17) is 13.9 Å². The summed E-state index contributed by atoms with van der Waals surface area (Å²) in [4.78, 5) is 24.8. The molecule has 0 aliphatic carbocycles. The van der Waals surface area contributed by atoms with Crippen LogP contribution < -0.4 is 20.1 Å². The Morgan fingerprint density at radius 1 is 0.923 bits per heavy atom. The summed E-state index contributed by atoms with van der Waals surface area (Å²) in [5.74, 6) is 0.835. The molecule has 8 heteroatoms. The summed E-state index contributed by atoms with van der Waals surface area (Å²) < 4.78 is 16.0. The smallest absolute Gasteiger partial charge is 0.291 e. The summed E-state index contributed by atoms with van der Waals surface area (Å²) in [6, 6.07) is 11.7. The summed E-state index contributed by atoms with van der Waals surface area (Å²) in [7, 11) is 0. The molecule has 0 saturated carbocycles. The van der Waals surface area contributed by atoms with E-state index in [1.54, 1.807) is 42.5 Å². The highest BCUT2D eigenvalue weighted by Gasteiger charge is 2.16. The van der Waals surface area contributed by atoms with Gasteiger partial charge >= 0.3 is 0 Å². The largest absolute Gasteiger partial charge is 0.486 e. The molecule has 132 valence electrons. The topological polar surface area (TPSA) is 89.8 Å². The van der Waals surface area contributed by atoms with Gasteiger partial charge in [-0.3, -0.25) is 9.59 Å². The number of thiophene rings is 1. The summed E-state index contributed by atoms with van der Waals surface area (Å²) in [5, 5.41) is 6.06. The average Bonchev–Trinajstić information content (AvgIpc) is 3.33.